The molecule has 110 valence electrons. The van der Waals surface area contributed by atoms with Crippen LogP contribution in [-0.2, 0) is 11.3 Å². The van der Waals surface area contributed by atoms with Crippen LogP contribution in [0, 0.1) is 0 Å². The van der Waals surface area contributed by atoms with Gasteiger partial charge in [0.15, 0.2) is 0 Å². The number of halogens is 1. The minimum Gasteiger partial charge on any atom is -0.350 e. The molecule has 2 rings (SSSR count). The van der Waals surface area contributed by atoms with E-state index in [2.05, 4.69) is 21.2 Å². The smallest absolute Gasteiger partial charge is 0.264 e. The van der Waals surface area contributed by atoms with Crippen molar-refractivity contribution in [1.82, 2.24) is 10.2 Å². The van der Waals surface area contributed by atoms with Gasteiger partial charge in [0.05, 0.1) is 11.4 Å². The summed E-state index contributed by atoms with van der Waals surface area (Å²) in [5.41, 5.74) is 1.00. The normalized spacial score (nSPS) is 10.2. The quantitative estimate of drug-likeness (QED) is 0.884. The van der Waals surface area contributed by atoms with Crippen LogP contribution in [0.5, 0.6) is 0 Å². The molecule has 0 saturated carbocycles. The van der Waals surface area contributed by atoms with Crippen LogP contribution in [0.3, 0.4) is 0 Å². The summed E-state index contributed by atoms with van der Waals surface area (Å²) in [5, 5.41) is 4.65. The Morgan fingerprint density at radius 2 is 2.10 bits per heavy atom. The van der Waals surface area contributed by atoms with E-state index in [1.54, 1.807) is 13.1 Å². The highest BCUT2D eigenvalue weighted by molar-refractivity contribution is 9.10. The van der Waals surface area contributed by atoms with E-state index in [4.69, 9.17) is 0 Å². The zero-order chi connectivity index (χ0) is 15.2. The van der Waals surface area contributed by atoms with Crippen molar-refractivity contribution >= 4 is 39.1 Å². The molecule has 6 heteroatoms. The number of benzene rings is 1. The maximum absolute atomic E-state index is 12.0. The van der Waals surface area contributed by atoms with Gasteiger partial charge in [-0.3, -0.25) is 9.59 Å². The Hall–Kier alpha value is -1.66. The average molecular weight is 367 g/mol. The second-order valence-corrected chi connectivity index (χ2v) is 6.41. The monoisotopic (exact) mass is 366 g/mol. The van der Waals surface area contributed by atoms with Gasteiger partial charge in [-0.15, -0.1) is 11.3 Å². The molecule has 0 saturated heterocycles. The maximum Gasteiger partial charge on any atom is 0.264 e. The van der Waals surface area contributed by atoms with Crippen LogP contribution in [0.25, 0.3) is 0 Å². The molecule has 0 unspecified atom stereocenters. The lowest BCUT2D eigenvalue weighted by atomic mass is 10.2. The van der Waals surface area contributed by atoms with E-state index in [9.17, 15) is 9.59 Å². The van der Waals surface area contributed by atoms with Crippen LogP contribution in [0.2, 0.25) is 0 Å². The Morgan fingerprint density at radius 1 is 1.29 bits per heavy atom. The number of carbonyl (C=O) groups is 2. The Morgan fingerprint density at radius 3 is 2.76 bits per heavy atom. The highest BCUT2D eigenvalue weighted by Crippen LogP contribution is 2.12. The van der Waals surface area contributed by atoms with E-state index in [-0.39, 0.29) is 18.4 Å². The lowest BCUT2D eigenvalue weighted by molar-refractivity contribution is -0.121. The highest BCUT2D eigenvalue weighted by Gasteiger charge is 2.15. The largest absolute Gasteiger partial charge is 0.350 e. The van der Waals surface area contributed by atoms with Gasteiger partial charge < -0.3 is 10.2 Å². The molecule has 1 aromatic carbocycles. The summed E-state index contributed by atoms with van der Waals surface area (Å²) in [6, 6.07) is 11.3. The fraction of sp³-hybridized carbons (Fsp3) is 0.200. The molecule has 0 bridgehead atoms. The first kappa shape index (κ1) is 15.7. The molecule has 0 spiro atoms. The summed E-state index contributed by atoms with van der Waals surface area (Å²) in [6.45, 7) is 0.490. The lowest BCUT2D eigenvalue weighted by Crippen LogP contribution is -2.37. The number of likely N-dealkylation sites (N-methyl/N-ethyl adjacent to an activating group) is 1. The van der Waals surface area contributed by atoms with Crippen molar-refractivity contribution in [2.24, 2.45) is 0 Å². The van der Waals surface area contributed by atoms with Crippen molar-refractivity contribution < 1.29 is 9.59 Å². The second-order valence-electron chi connectivity index (χ2n) is 4.55. The molecule has 0 aliphatic rings. The summed E-state index contributed by atoms with van der Waals surface area (Å²) in [6.07, 6.45) is 0. The summed E-state index contributed by atoms with van der Waals surface area (Å²) in [7, 11) is 1.63. The van der Waals surface area contributed by atoms with Gasteiger partial charge in [-0.2, -0.15) is 0 Å². The molecule has 1 aromatic heterocycles. The zero-order valence-electron chi connectivity index (χ0n) is 11.5. The zero-order valence-corrected chi connectivity index (χ0v) is 13.9. The van der Waals surface area contributed by atoms with Crippen LogP contribution in [-0.4, -0.2) is 30.3 Å². The van der Waals surface area contributed by atoms with Crippen molar-refractivity contribution in [1.29, 1.82) is 0 Å². The van der Waals surface area contributed by atoms with E-state index in [0.29, 0.717) is 11.4 Å². The predicted molar refractivity (Wildman–Crippen MR) is 87.3 cm³/mol. The molecule has 0 atom stereocenters. The van der Waals surface area contributed by atoms with Crippen LogP contribution >= 0.6 is 27.3 Å². The number of carbonyl (C=O) groups excluding carboxylic acids is 2. The fourth-order valence-corrected chi connectivity index (χ4v) is 2.94. The summed E-state index contributed by atoms with van der Waals surface area (Å²) >= 11 is 4.76. The molecule has 21 heavy (non-hydrogen) atoms. The van der Waals surface area contributed by atoms with E-state index in [1.165, 1.54) is 16.2 Å². The summed E-state index contributed by atoms with van der Waals surface area (Å²) < 4.78 is 0.972. The van der Waals surface area contributed by atoms with E-state index >= 15 is 0 Å². The fourth-order valence-electron chi connectivity index (χ4n) is 1.78. The Balaban J connectivity index is 1.83. The Kier molecular flexibility index (Phi) is 5.52. The second kappa shape index (κ2) is 7.38. The van der Waals surface area contributed by atoms with Crippen molar-refractivity contribution in [3.05, 3.63) is 56.7 Å². The van der Waals surface area contributed by atoms with Crippen molar-refractivity contribution in [3.8, 4) is 0 Å². The van der Waals surface area contributed by atoms with E-state index in [0.717, 1.165) is 10.0 Å². The third kappa shape index (κ3) is 4.68. The minimum absolute atomic E-state index is 0.0464. The first-order valence-corrected chi connectivity index (χ1v) is 8.03. The average Bonchev–Trinajstić information content (AvgIpc) is 2.98. The van der Waals surface area contributed by atoms with Gasteiger partial charge in [-0.05, 0) is 29.1 Å². The molecule has 2 aromatic rings. The molecule has 0 aliphatic carbocycles. The SMILES string of the molecule is CN(CC(=O)NCc1cccc(Br)c1)C(=O)c1cccs1. The van der Waals surface area contributed by atoms with Crippen LogP contribution in [0.4, 0.5) is 0 Å². The lowest BCUT2D eigenvalue weighted by Gasteiger charge is -2.16. The molecule has 1 N–H and O–H groups in total. The maximum atomic E-state index is 12.0. The third-order valence-electron chi connectivity index (χ3n) is 2.84. The van der Waals surface area contributed by atoms with Gasteiger partial charge in [-0.1, -0.05) is 34.1 Å². The standard InChI is InChI=1S/C15H15BrN2O2S/c1-18(15(20)13-6-3-7-21-13)10-14(19)17-9-11-4-2-5-12(16)8-11/h2-8H,9-10H2,1H3,(H,17,19). The van der Waals surface area contributed by atoms with Gasteiger partial charge in [0.1, 0.15) is 0 Å². The van der Waals surface area contributed by atoms with Crippen molar-refractivity contribution in [2.75, 3.05) is 13.6 Å². The molecule has 4 nitrogen and oxygen atoms in total. The number of hydrogen-bond donors (Lipinski definition) is 1. The van der Waals surface area contributed by atoms with Crippen LogP contribution in [0.1, 0.15) is 15.2 Å². The van der Waals surface area contributed by atoms with Gasteiger partial charge >= 0.3 is 0 Å². The predicted octanol–water partition coefficient (Wildman–Crippen LogP) is 2.90. The number of rotatable bonds is 5. The van der Waals surface area contributed by atoms with E-state index in [1.807, 2.05) is 35.7 Å². The number of hydrogen-bond acceptors (Lipinski definition) is 3. The van der Waals surface area contributed by atoms with Crippen LogP contribution in [0.15, 0.2) is 46.3 Å². The first-order valence-electron chi connectivity index (χ1n) is 6.36. The third-order valence-corrected chi connectivity index (χ3v) is 4.19. The molecule has 0 aliphatic heterocycles. The van der Waals surface area contributed by atoms with Gasteiger partial charge in [0, 0.05) is 18.1 Å². The minimum atomic E-state index is -0.178. The van der Waals surface area contributed by atoms with Gasteiger partial charge in [-0.25, -0.2) is 0 Å². The van der Waals surface area contributed by atoms with Gasteiger partial charge in [0.25, 0.3) is 5.91 Å². The van der Waals surface area contributed by atoms with Crippen molar-refractivity contribution in [3.63, 3.8) is 0 Å². The van der Waals surface area contributed by atoms with Crippen molar-refractivity contribution in [2.45, 2.75) is 6.54 Å². The van der Waals surface area contributed by atoms with Gasteiger partial charge in [0.2, 0.25) is 5.91 Å². The molecule has 0 fully saturated rings. The molecular weight excluding hydrogens is 352 g/mol. The molecule has 1 heterocycles. The van der Waals surface area contributed by atoms with Crippen LogP contribution < -0.4 is 5.32 Å². The molecular formula is C15H15BrN2O2S. The van der Waals surface area contributed by atoms with E-state index < -0.39 is 0 Å². The Bertz CT molecular complexity index is 628. The Labute approximate surface area is 135 Å². The topological polar surface area (TPSA) is 49.4 Å². The highest BCUT2D eigenvalue weighted by atomic mass is 79.9. The summed E-state index contributed by atoms with van der Waals surface area (Å²) in [4.78, 5) is 25.9. The first-order chi connectivity index (χ1) is 10.1. The summed E-state index contributed by atoms with van der Waals surface area (Å²) in [5.74, 6) is -0.315. The number of thiophene rings is 1. The number of amides is 2. The molecule has 0 radical (unpaired) electrons. The molecule has 2 amide bonds. The number of nitrogens with zero attached hydrogens (tertiary/aromatic N) is 1. The number of nitrogens with one attached hydrogen (secondary N) is 1.